The van der Waals surface area contributed by atoms with Crippen LogP contribution in [0.4, 0.5) is 0 Å². The monoisotopic (exact) mass is 166 g/mol. The van der Waals surface area contributed by atoms with Crippen molar-refractivity contribution in [3.8, 4) is 0 Å². The summed E-state index contributed by atoms with van der Waals surface area (Å²) in [6.07, 6.45) is 5.44. The van der Waals surface area contributed by atoms with Crippen molar-refractivity contribution in [3.63, 3.8) is 0 Å². The molecule has 0 radical (unpaired) electrons. The first-order valence-electron chi connectivity index (χ1n) is 3.54. The molecule has 0 aliphatic carbocycles. The molecule has 0 saturated heterocycles. The van der Waals surface area contributed by atoms with Gasteiger partial charge in [-0.1, -0.05) is 44.9 Å². The van der Waals surface area contributed by atoms with Crippen LogP contribution in [0, 0.1) is 0 Å². The number of rotatable bonds is 5. The Hall–Kier alpha value is -0.690. The third-order valence-corrected chi connectivity index (χ3v) is 2.21. The Kier molecular flexibility index (Phi) is 5.67. The van der Waals surface area contributed by atoms with Gasteiger partial charge in [-0.3, -0.25) is 0 Å². The van der Waals surface area contributed by atoms with Crippen LogP contribution in [0.5, 0.6) is 0 Å². The molecule has 0 aromatic heterocycles. The molecule has 0 aliphatic rings. The molecule has 0 spiro atoms. The van der Waals surface area contributed by atoms with E-state index in [0.29, 0.717) is 0 Å². The van der Waals surface area contributed by atoms with Crippen molar-refractivity contribution in [2.24, 2.45) is 0 Å². The lowest BCUT2D eigenvalue weighted by Gasteiger charge is -2.01. The second-order valence-corrected chi connectivity index (χ2v) is 3.17. The molecule has 0 aliphatic heterocycles. The summed E-state index contributed by atoms with van der Waals surface area (Å²) in [6, 6.07) is 0. The lowest BCUT2D eigenvalue weighted by atomic mass is 10.2. The number of thioether (sulfide) groups is 1. The van der Waals surface area contributed by atoms with E-state index in [-0.39, 0.29) is 0 Å². The van der Waals surface area contributed by atoms with Gasteiger partial charge in [-0.15, -0.1) is 11.8 Å². The van der Waals surface area contributed by atoms with E-state index in [2.05, 4.69) is 26.7 Å². The summed E-state index contributed by atoms with van der Waals surface area (Å²) in [6.45, 7) is 13.2. The number of hydrogen-bond acceptors (Lipinski definition) is 1. The van der Waals surface area contributed by atoms with E-state index in [1.165, 1.54) is 0 Å². The molecule has 0 nitrogen and oxygen atoms in total. The molecule has 0 aromatic rings. The van der Waals surface area contributed by atoms with Gasteiger partial charge >= 0.3 is 0 Å². The highest BCUT2D eigenvalue weighted by atomic mass is 32.2. The fourth-order valence-corrected chi connectivity index (χ4v) is 1.46. The first-order chi connectivity index (χ1) is 5.29. The van der Waals surface area contributed by atoms with Crippen LogP contribution in [0.3, 0.4) is 0 Å². The smallest absolute Gasteiger partial charge is 0.0138 e. The Morgan fingerprint density at radius 1 is 1.18 bits per heavy atom. The minimum Gasteiger partial charge on any atom is -0.126 e. The lowest BCUT2D eigenvalue weighted by molar-refractivity contribution is 1.52. The quantitative estimate of drug-likeness (QED) is 0.563. The van der Waals surface area contributed by atoms with E-state index < -0.39 is 0 Å². The molecular formula is C10H14S. The second-order valence-electron chi connectivity index (χ2n) is 1.86. The van der Waals surface area contributed by atoms with E-state index >= 15 is 0 Å². The standard InChI is InChI=1S/C10H14S/c1-5-9(6-2)10(7-3)11-8-4/h5-7H,1-3,8H2,4H3. The molecule has 60 valence electrons. The molecule has 1 heteroatoms. The SMILES string of the molecule is C=CC(C=C)=C(C=C)SCC. The zero-order valence-electron chi connectivity index (χ0n) is 6.97. The highest BCUT2D eigenvalue weighted by molar-refractivity contribution is 8.03. The minimum absolute atomic E-state index is 1.05. The van der Waals surface area contributed by atoms with Crippen molar-refractivity contribution in [2.75, 3.05) is 5.75 Å². The van der Waals surface area contributed by atoms with Crippen LogP contribution in [0.1, 0.15) is 6.92 Å². The van der Waals surface area contributed by atoms with Crippen molar-refractivity contribution >= 4 is 11.8 Å². The lowest BCUT2D eigenvalue weighted by Crippen LogP contribution is -1.78. The van der Waals surface area contributed by atoms with Gasteiger partial charge in [0, 0.05) is 4.91 Å². The van der Waals surface area contributed by atoms with Crippen molar-refractivity contribution in [2.45, 2.75) is 6.92 Å². The van der Waals surface area contributed by atoms with Crippen molar-refractivity contribution in [1.29, 1.82) is 0 Å². The maximum atomic E-state index is 3.72. The molecule has 0 atom stereocenters. The van der Waals surface area contributed by atoms with Gasteiger partial charge in [0.15, 0.2) is 0 Å². The average Bonchev–Trinajstić information content (AvgIpc) is 2.05. The largest absolute Gasteiger partial charge is 0.126 e. The Balaban J connectivity index is 4.60. The molecule has 0 amide bonds. The topological polar surface area (TPSA) is 0 Å². The summed E-state index contributed by atoms with van der Waals surface area (Å²) in [5.74, 6) is 1.05. The summed E-state index contributed by atoms with van der Waals surface area (Å²) in [5, 5.41) is 0. The fourth-order valence-electron chi connectivity index (χ4n) is 0.700. The van der Waals surface area contributed by atoms with E-state index in [0.717, 1.165) is 16.2 Å². The fraction of sp³-hybridized carbons (Fsp3) is 0.200. The zero-order valence-corrected chi connectivity index (χ0v) is 7.79. The Morgan fingerprint density at radius 2 is 1.73 bits per heavy atom. The molecular weight excluding hydrogens is 152 g/mol. The van der Waals surface area contributed by atoms with Gasteiger partial charge in [0.25, 0.3) is 0 Å². The third-order valence-electron chi connectivity index (χ3n) is 1.21. The molecule has 0 aromatic carbocycles. The Morgan fingerprint density at radius 3 is 2.00 bits per heavy atom. The van der Waals surface area contributed by atoms with Gasteiger partial charge in [-0.05, 0) is 11.3 Å². The van der Waals surface area contributed by atoms with Crippen molar-refractivity contribution < 1.29 is 0 Å². The first-order valence-corrected chi connectivity index (χ1v) is 4.53. The van der Waals surface area contributed by atoms with Crippen LogP contribution < -0.4 is 0 Å². The van der Waals surface area contributed by atoms with Crippen LogP contribution in [-0.2, 0) is 0 Å². The number of hydrogen-bond donors (Lipinski definition) is 0. The van der Waals surface area contributed by atoms with Crippen LogP contribution in [0.25, 0.3) is 0 Å². The maximum absolute atomic E-state index is 3.72. The minimum atomic E-state index is 1.05. The van der Waals surface area contributed by atoms with Crippen LogP contribution >= 0.6 is 11.8 Å². The Labute approximate surface area is 73.4 Å². The van der Waals surface area contributed by atoms with Crippen molar-refractivity contribution in [1.82, 2.24) is 0 Å². The Bertz CT molecular complexity index is 177. The summed E-state index contributed by atoms with van der Waals surface area (Å²) in [7, 11) is 0. The molecule has 0 rings (SSSR count). The van der Waals surface area contributed by atoms with Gasteiger partial charge in [-0.25, -0.2) is 0 Å². The van der Waals surface area contributed by atoms with Gasteiger partial charge in [0.2, 0.25) is 0 Å². The highest BCUT2D eigenvalue weighted by Crippen LogP contribution is 2.21. The summed E-state index contributed by atoms with van der Waals surface area (Å²) in [4.78, 5) is 1.15. The van der Waals surface area contributed by atoms with Gasteiger partial charge in [0.1, 0.15) is 0 Å². The van der Waals surface area contributed by atoms with E-state index in [4.69, 9.17) is 0 Å². The first kappa shape index (κ1) is 10.3. The predicted octanol–water partition coefficient (Wildman–Crippen LogP) is 3.55. The summed E-state index contributed by atoms with van der Waals surface area (Å²) >= 11 is 1.75. The molecule has 0 N–H and O–H groups in total. The van der Waals surface area contributed by atoms with Gasteiger partial charge < -0.3 is 0 Å². The zero-order chi connectivity index (χ0) is 8.69. The molecule has 0 bridgehead atoms. The van der Waals surface area contributed by atoms with E-state index in [1.54, 1.807) is 23.9 Å². The molecule has 0 heterocycles. The number of allylic oxidation sites excluding steroid dienone is 4. The van der Waals surface area contributed by atoms with Crippen molar-refractivity contribution in [3.05, 3.63) is 48.4 Å². The summed E-state index contributed by atoms with van der Waals surface area (Å²) < 4.78 is 0. The third kappa shape index (κ3) is 3.28. The maximum Gasteiger partial charge on any atom is 0.0138 e. The molecule has 0 saturated carbocycles. The predicted molar refractivity (Wildman–Crippen MR) is 55.7 cm³/mol. The average molecular weight is 166 g/mol. The molecule has 0 unspecified atom stereocenters. The highest BCUT2D eigenvalue weighted by Gasteiger charge is 1.94. The second kappa shape index (κ2) is 6.05. The van der Waals surface area contributed by atoms with Crippen LogP contribution in [0.2, 0.25) is 0 Å². The van der Waals surface area contributed by atoms with Gasteiger partial charge in [0.05, 0.1) is 0 Å². The normalized spacial score (nSPS) is 8.45. The van der Waals surface area contributed by atoms with Gasteiger partial charge in [-0.2, -0.15) is 0 Å². The van der Waals surface area contributed by atoms with E-state index in [1.807, 2.05) is 6.08 Å². The van der Waals surface area contributed by atoms with Crippen LogP contribution in [0.15, 0.2) is 48.4 Å². The summed E-state index contributed by atoms with van der Waals surface area (Å²) in [5.41, 5.74) is 1.06. The molecule has 0 fully saturated rings. The van der Waals surface area contributed by atoms with E-state index in [9.17, 15) is 0 Å². The van der Waals surface area contributed by atoms with Crippen LogP contribution in [-0.4, -0.2) is 5.75 Å². The molecule has 11 heavy (non-hydrogen) atoms.